The maximum absolute atomic E-state index is 14.4. The highest BCUT2D eigenvalue weighted by atomic mass is 19.1. The number of carbonyl (C=O) groups excluding carboxylic acids is 2. The van der Waals surface area contributed by atoms with Crippen molar-refractivity contribution in [2.24, 2.45) is 5.92 Å². The number of pyridine rings is 1. The minimum atomic E-state index is -1.13. The van der Waals surface area contributed by atoms with Crippen molar-refractivity contribution in [3.63, 3.8) is 0 Å². The highest BCUT2D eigenvalue weighted by molar-refractivity contribution is 5.80. The highest BCUT2D eigenvalue weighted by Gasteiger charge is 2.38. The number of nitrogens with one attached hydrogen (secondary N) is 1. The number of piperidine rings is 1. The van der Waals surface area contributed by atoms with E-state index in [1.165, 1.54) is 19.1 Å². The predicted octanol–water partition coefficient (Wildman–Crippen LogP) is 3.65. The summed E-state index contributed by atoms with van der Waals surface area (Å²) in [6, 6.07) is 16.9. The van der Waals surface area contributed by atoms with Crippen LogP contribution in [0.25, 0.3) is 0 Å². The largest absolute Gasteiger partial charge is 0.489 e. The molecular formula is C29H32FN3O4. The lowest BCUT2D eigenvalue weighted by atomic mass is 9.85. The fourth-order valence-corrected chi connectivity index (χ4v) is 4.77. The number of aromatic nitrogens is 1. The number of ether oxygens (including phenoxy) is 1. The zero-order valence-corrected chi connectivity index (χ0v) is 20.8. The number of likely N-dealkylation sites (tertiary alicyclic amines) is 1. The molecule has 0 radical (unpaired) electrons. The molecule has 37 heavy (non-hydrogen) atoms. The van der Waals surface area contributed by atoms with Crippen molar-refractivity contribution >= 4 is 11.8 Å². The van der Waals surface area contributed by atoms with Gasteiger partial charge in [-0.1, -0.05) is 30.3 Å². The van der Waals surface area contributed by atoms with Crippen molar-refractivity contribution in [1.82, 2.24) is 15.2 Å². The molecule has 2 amide bonds. The third-order valence-electron chi connectivity index (χ3n) is 6.54. The van der Waals surface area contributed by atoms with Gasteiger partial charge in [-0.05, 0) is 60.2 Å². The van der Waals surface area contributed by atoms with Gasteiger partial charge in [-0.2, -0.15) is 0 Å². The molecule has 7 nitrogen and oxygen atoms in total. The number of aliphatic hydroxyl groups excluding tert-OH is 1. The molecule has 1 saturated heterocycles. The lowest BCUT2D eigenvalue weighted by Gasteiger charge is -2.37. The molecule has 0 unspecified atom stereocenters. The van der Waals surface area contributed by atoms with Crippen molar-refractivity contribution in [3.8, 4) is 5.75 Å². The minimum absolute atomic E-state index is 0.140. The molecule has 0 saturated carbocycles. The normalized spacial score (nSPS) is 17.2. The summed E-state index contributed by atoms with van der Waals surface area (Å²) in [5.74, 6) is -1.28. The quantitative estimate of drug-likeness (QED) is 0.439. The van der Waals surface area contributed by atoms with E-state index in [1.807, 2.05) is 42.5 Å². The second-order valence-electron chi connectivity index (χ2n) is 9.44. The average molecular weight is 506 g/mol. The molecule has 0 bridgehead atoms. The third-order valence-corrected chi connectivity index (χ3v) is 6.54. The van der Waals surface area contributed by atoms with Gasteiger partial charge in [0.2, 0.25) is 11.8 Å². The smallest absolute Gasteiger partial charge is 0.228 e. The predicted molar refractivity (Wildman–Crippen MR) is 137 cm³/mol. The Bertz CT molecular complexity index is 1190. The average Bonchev–Trinajstić information content (AvgIpc) is 2.89. The van der Waals surface area contributed by atoms with Crippen LogP contribution in [0, 0.1) is 11.7 Å². The zero-order valence-electron chi connectivity index (χ0n) is 20.8. The Morgan fingerprint density at radius 3 is 2.62 bits per heavy atom. The summed E-state index contributed by atoms with van der Waals surface area (Å²) in [4.78, 5) is 31.0. The van der Waals surface area contributed by atoms with E-state index in [4.69, 9.17) is 4.74 Å². The Morgan fingerprint density at radius 2 is 1.89 bits per heavy atom. The number of hydrogen-bond donors (Lipinski definition) is 2. The Hall–Kier alpha value is -3.78. The van der Waals surface area contributed by atoms with Crippen LogP contribution in [-0.2, 0) is 29.2 Å². The molecule has 3 atom stereocenters. The maximum atomic E-state index is 14.4. The van der Waals surface area contributed by atoms with Gasteiger partial charge < -0.3 is 20.1 Å². The molecule has 1 aliphatic heterocycles. The molecule has 0 aliphatic carbocycles. The number of nitrogens with zero attached hydrogens (tertiary/aromatic N) is 2. The molecule has 1 aromatic heterocycles. The first-order valence-corrected chi connectivity index (χ1v) is 12.5. The summed E-state index contributed by atoms with van der Waals surface area (Å²) in [6.07, 6.45) is 3.60. The first kappa shape index (κ1) is 26.3. The molecule has 4 rings (SSSR count). The lowest BCUT2D eigenvalue weighted by molar-refractivity contribution is -0.145. The monoisotopic (exact) mass is 505 g/mol. The van der Waals surface area contributed by atoms with Gasteiger partial charge in [0.1, 0.15) is 18.2 Å². The van der Waals surface area contributed by atoms with E-state index < -0.39 is 23.9 Å². The maximum Gasteiger partial charge on any atom is 0.228 e. The van der Waals surface area contributed by atoms with E-state index in [2.05, 4.69) is 10.3 Å². The molecule has 2 heterocycles. The number of amides is 2. The van der Waals surface area contributed by atoms with Gasteiger partial charge >= 0.3 is 0 Å². The van der Waals surface area contributed by atoms with Crippen molar-refractivity contribution in [2.75, 3.05) is 6.54 Å². The Balaban J connectivity index is 1.47. The molecule has 1 fully saturated rings. The number of benzene rings is 2. The number of carbonyl (C=O) groups is 2. The lowest BCUT2D eigenvalue weighted by Crippen LogP contribution is -2.53. The van der Waals surface area contributed by atoms with Crippen LogP contribution >= 0.6 is 0 Å². The SMILES string of the molecule is CC(=O)N[C@@H](Cc1cc(F)cc(OCc2ccncc2)c1)[C@H](O)[C@@H]1CCCN(Cc2ccccc2)C1=O. The summed E-state index contributed by atoms with van der Waals surface area (Å²) < 4.78 is 20.2. The first-order chi connectivity index (χ1) is 17.9. The fraction of sp³-hybridized carbons (Fsp3) is 0.345. The van der Waals surface area contributed by atoms with Gasteiger partial charge in [0.25, 0.3) is 0 Å². The third kappa shape index (κ3) is 7.36. The van der Waals surface area contributed by atoms with E-state index >= 15 is 0 Å². The molecule has 194 valence electrons. The van der Waals surface area contributed by atoms with Crippen LogP contribution in [-0.4, -0.2) is 45.5 Å². The van der Waals surface area contributed by atoms with Crippen LogP contribution in [0.2, 0.25) is 0 Å². The topological polar surface area (TPSA) is 91.8 Å². The summed E-state index contributed by atoms with van der Waals surface area (Å²) in [6.45, 7) is 2.69. The zero-order chi connectivity index (χ0) is 26.2. The van der Waals surface area contributed by atoms with Crippen molar-refractivity contribution in [2.45, 2.75) is 51.5 Å². The van der Waals surface area contributed by atoms with Gasteiger partial charge in [0.05, 0.1) is 18.1 Å². The van der Waals surface area contributed by atoms with Crippen molar-refractivity contribution in [1.29, 1.82) is 0 Å². The van der Waals surface area contributed by atoms with E-state index in [0.717, 1.165) is 17.5 Å². The van der Waals surface area contributed by atoms with Gasteiger partial charge in [-0.25, -0.2) is 4.39 Å². The van der Waals surface area contributed by atoms with Crippen LogP contribution in [0.3, 0.4) is 0 Å². The van der Waals surface area contributed by atoms with Crippen LogP contribution < -0.4 is 10.1 Å². The van der Waals surface area contributed by atoms with Gasteiger partial charge in [-0.3, -0.25) is 14.6 Å². The van der Waals surface area contributed by atoms with Crippen LogP contribution in [0.4, 0.5) is 4.39 Å². The van der Waals surface area contributed by atoms with Crippen LogP contribution in [0.15, 0.2) is 73.1 Å². The summed E-state index contributed by atoms with van der Waals surface area (Å²) in [5, 5.41) is 14.1. The highest BCUT2D eigenvalue weighted by Crippen LogP contribution is 2.27. The summed E-state index contributed by atoms with van der Waals surface area (Å²) >= 11 is 0. The minimum Gasteiger partial charge on any atom is -0.489 e. The molecule has 8 heteroatoms. The fourth-order valence-electron chi connectivity index (χ4n) is 4.77. The van der Waals surface area contributed by atoms with Crippen molar-refractivity contribution < 1.29 is 23.8 Å². The molecule has 0 spiro atoms. The van der Waals surface area contributed by atoms with E-state index in [1.54, 1.807) is 23.4 Å². The summed E-state index contributed by atoms with van der Waals surface area (Å²) in [5.41, 5.74) is 2.46. The second-order valence-corrected chi connectivity index (χ2v) is 9.44. The van der Waals surface area contributed by atoms with Gasteiger partial charge in [-0.15, -0.1) is 0 Å². The molecule has 1 aliphatic rings. The van der Waals surface area contributed by atoms with E-state index in [0.29, 0.717) is 30.8 Å². The first-order valence-electron chi connectivity index (χ1n) is 12.5. The van der Waals surface area contributed by atoms with Gasteiger partial charge in [0, 0.05) is 38.5 Å². The van der Waals surface area contributed by atoms with E-state index in [9.17, 15) is 19.1 Å². The van der Waals surface area contributed by atoms with Crippen molar-refractivity contribution in [3.05, 3.63) is 95.6 Å². The number of halogens is 1. The van der Waals surface area contributed by atoms with Crippen LogP contribution in [0.5, 0.6) is 5.75 Å². The molecule has 2 N–H and O–H groups in total. The summed E-state index contributed by atoms with van der Waals surface area (Å²) in [7, 11) is 0. The molecular weight excluding hydrogens is 473 g/mol. The number of rotatable bonds is 10. The molecule has 2 aromatic carbocycles. The van der Waals surface area contributed by atoms with E-state index in [-0.39, 0.29) is 24.8 Å². The number of aliphatic hydroxyl groups is 1. The Labute approximate surface area is 216 Å². The molecule has 3 aromatic rings. The van der Waals surface area contributed by atoms with Gasteiger partial charge in [0.15, 0.2) is 0 Å². The number of hydrogen-bond acceptors (Lipinski definition) is 5. The second kappa shape index (κ2) is 12.5. The Morgan fingerprint density at radius 1 is 1.14 bits per heavy atom. The van der Waals surface area contributed by atoms with Crippen LogP contribution in [0.1, 0.15) is 36.5 Å². The standard InChI is InChI=1S/C29H32FN3O4/c1-20(34)32-27(16-23-14-24(30)17-25(15-23)37-19-22-9-11-31-12-10-22)28(35)26-8-5-13-33(29(26)36)18-21-6-3-2-4-7-21/h2-4,6-7,9-12,14-15,17,26-28,35H,5,8,13,16,18-19H2,1H3,(H,32,34)/t26-,27-,28+/m0/s1. The Kier molecular flexibility index (Phi) is 8.85.